The number of hydrogen-bond donors (Lipinski definition) is 2. The first kappa shape index (κ1) is 17.4. The van der Waals surface area contributed by atoms with E-state index in [1.54, 1.807) is 12.1 Å². The third kappa shape index (κ3) is 4.78. The van der Waals surface area contributed by atoms with E-state index in [0.29, 0.717) is 6.54 Å². The fourth-order valence-electron chi connectivity index (χ4n) is 3.13. The van der Waals surface area contributed by atoms with Crippen LogP contribution in [-0.4, -0.2) is 34.1 Å². The van der Waals surface area contributed by atoms with Gasteiger partial charge in [0.1, 0.15) is 0 Å². The van der Waals surface area contributed by atoms with Crippen molar-refractivity contribution in [3.63, 3.8) is 0 Å². The molecule has 1 fully saturated rings. The fourth-order valence-corrected chi connectivity index (χ4v) is 3.13. The second kappa shape index (κ2) is 8.09. The Labute approximate surface area is 147 Å². The van der Waals surface area contributed by atoms with Crippen molar-refractivity contribution >= 4 is 11.4 Å². The van der Waals surface area contributed by atoms with Gasteiger partial charge in [-0.3, -0.25) is 15.0 Å². The lowest BCUT2D eigenvalue weighted by atomic mass is 10.1. The molecule has 0 atom stereocenters. The molecular weight excluding hydrogens is 318 g/mol. The Morgan fingerprint density at radius 3 is 2.68 bits per heavy atom. The smallest absolute Gasteiger partial charge is 0.269 e. The number of nitrogens with zero attached hydrogens (tertiary/aromatic N) is 2. The number of hydrogen-bond acceptors (Lipinski definition) is 5. The Kier molecular flexibility index (Phi) is 5.63. The van der Waals surface area contributed by atoms with Gasteiger partial charge in [-0.2, -0.15) is 0 Å². The molecule has 0 unspecified atom stereocenters. The zero-order valence-electron chi connectivity index (χ0n) is 14.1. The van der Waals surface area contributed by atoms with Gasteiger partial charge in [-0.05, 0) is 30.0 Å². The molecule has 0 spiro atoms. The second-order valence-electron chi connectivity index (χ2n) is 6.45. The van der Waals surface area contributed by atoms with Gasteiger partial charge in [-0.1, -0.05) is 30.3 Å². The molecule has 1 aliphatic heterocycles. The summed E-state index contributed by atoms with van der Waals surface area (Å²) < 4.78 is 0. The zero-order chi connectivity index (χ0) is 17.6. The summed E-state index contributed by atoms with van der Waals surface area (Å²) in [6, 6.07) is 14.8. The monoisotopic (exact) mass is 341 g/mol. The number of likely N-dealkylation sites (tertiary alicyclic amines) is 1. The van der Waals surface area contributed by atoms with E-state index in [9.17, 15) is 15.2 Å². The van der Waals surface area contributed by atoms with Crippen LogP contribution in [0.1, 0.15) is 24.0 Å². The molecule has 0 amide bonds. The maximum Gasteiger partial charge on any atom is 0.269 e. The van der Waals surface area contributed by atoms with Crippen LogP contribution in [0.15, 0.2) is 48.5 Å². The van der Waals surface area contributed by atoms with Crippen molar-refractivity contribution in [2.45, 2.75) is 32.0 Å². The van der Waals surface area contributed by atoms with Gasteiger partial charge in [-0.15, -0.1) is 0 Å². The minimum Gasteiger partial charge on any atom is -0.393 e. The highest BCUT2D eigenvalue weighted by Gasteiger charge is 2.17. The highest BCUT2D eigenvalue weighted by Crippen LogP contribution is 2.21. The molecule has 0 bridgehead atoms. The lowest BCUT2D eigenvalue weighted by Gasteiger charge is -2.30. The van der Waals surface area contributed by atoms with Crippen LogP contribution in [0.3, 0.4) is 0 Å². The lowest BCUT2D eigenvalue weighted by molar-refractivity contribution is -0.384. The SMILES string of the molecule is O=[N+]([O-])c1cccc(CNc2ccccc2CN2CCC(O)CC2)c1. The summed E-state index contributed by atoms with van der Waals surface area (Å²) in [5, 5.41) is 23.9. The van der Waals surface area contributed by atoms with Gasteiger partial charge in [0.15, 0.2) is 0 Å². The van der Waals surface area contributed by atoms with Crippen LogP contribution < -0.4 is 5.32 Å². The highest BCUT2D eigenvalue weighted by atomic mass is 16.6. The van der Waals surface area contributed by atoms with Gasteiger partial charge >= 0.3 is 0 Å². The number of aliphatic hydroxyl groups is 1. The van der Waals surface area contributed by atoms with E-state index in [-0.39, 0.29) is 16.7 Å². The van der Waals surface area contributed by atoms with Gasteiger partial charge in [0.05, 0.1) is 11.0 Å². The van der Waals surface area contributed by atoms with E-state index in [1.165, 1.54) is 11.6 Å². The first-order valence-corrected chi connectivity index (χ1v) is 8.57. The predicted molar refractivity (Wildman–Crippen MR) is 97.4 cm³/mol. The van der Waals surface area contributed by atoms with Crippen LogP contribution in [0.25, 0.3) is 0 Å². The van der Waals surface area contributed by atoms with E-state index < -0.39 is 0 Å². The third-order valence-corrected chi connectivity index (χ3v) is 4.57. The third-order valence-electron chi connectivity index (χ3n) is 4.57. The molecule has 1 saturated heterocycles. The topological polar surface area (TPSA) is 78.6 Å². The molecule has 132 valence electrons. The minimum atomic E-state index is -0.373. The molecule has 25 heavy (non-hydrogen) atoms. The van der Waals surface area contributed by atoms with Gasteiger partial charge in [0.2, 0.25) is 0 Å². The molecule has 6 heteroatoms. The number of nitrogens with one attached hydrogen (secondary N) is 1. The Bertz CT molecular complexity index is 727. The summed E-state index contributed by atoms with van der Waals surface area (Å²) in [7, 11) is 0. The van der Waals surface area contributed by atoms with Crippen molar-refractivity contribution in [3.05, 3.63) is 69.8 Å². The van der Waals surface area contributed by atoms with Crippen LogP contribution in [0.4, 0.5) is 11.4 Å². The largest absolute Gasteiger partial charge is 0.393 e. The van der Waals surface area contributed by atoms with Gasteiger partial charge < -0.3 is 10.4 Å². The molecule has 0 aromatic heterocycles. The van der Waals surface area contributed by atoms with E-state index in [4.69, 9.17) is 0 Å². The number of para-hydroxylation sites is 1. The first-order chi connectivity index (χ1) is 12.1. The van der Waals surface area contributed by atoms with Crippen molar-refractivity contribution in [3.8, 4) is 0 Å². The molecule has 1 aliphatic rings. The number of anilines is 1. The van der Waals surface area contributed by atoms with E-state index in [0.717, 1.165) is 43.7 Å². The molecule has 0 aliphatic carbocycles. The van der Waals surface area contributed by atoms with Crippen molar-refractivity contribution in [2.24, 2.45) is 0 Å². The quantitative estimate of drug-likeness (QED) is 0.623. The number of nitro benzene ring substituents is 1. The van der Waals surface area contributed by atoms with Crippen LogP contribution in [0, 0.1) is 10.1 Å². The number of nitro groups is 1. The number of rotatable bonds is 6. The lowest BCUT2D eigenvalue weighted by Crippen LogP contribution is -2.35. The molecular formula is C19H23N3O3. The van der Waals surface area contributed by atoms with Crippen molar-refractivity contribution < 1.29 is 10.0 Å². The molecule has 3 rings (SSSR count). The summed E-state index contributed by atoms with van der Waals surface area (Å²) in [6.07, 6.45) is 1.48. The maximum absolute atomic E-state index is 10.9. The number of benzene rings is 2. The molecule has 0 saturated carbocycles. The van der Waals surface area contributed by atoms with Gasteiger partial charge in [-0.25, -0.2) is 0 Å². The first-order valence-electron chi connectivity index (χ1n) is 8.57. The van der Waals surface area contributed by atoms with E-state index in [1.807, 2.05) is 24.3 Å². The number of non-ortho nitro benzene ring substituents is 1. The molecule has 6 nitrogen and oxygen atoms in total. The van der Waals surface area contributed by atoms with Gasteiger partial charge in [0.25, 0.3) is 5.69 Å². The summed E-state index contributed by atoms with van der Waals surface area (Å²) in [5.74, 6) is 0. The number of piperidine rings is 1. The van der Waals surface area contributed by atoms with E-state index in [2.05, 4.69) is 16.3 Å². The maximum atomic E-state index is 10.9. The summed E-state index contributed by atoms with van der Waals surface area (Å²) >= 11 is 0. The average molecular weight is 341 g/mol. The number of aliphatic hydroxyl groups excluding tert-OH is 1. The van der Waals surface area contributed by atoms with Crippen molar-refractivity contribution in [1.82, 2.24) is 4.90 Å². The van der Waals surface area contributed by atoms with Crippen LogP contribution in [0.5, 0.6) is 0 Å². The predicted octanol–water partition coefficient (Wildman–Crippen LogP) is 3.16. The van der Waals surface area contributed by atoms with Gasteiger partial charge in [0, 0.05) is 44.0 Å². The Morgan fingerprint density at radius 1 is 1.16 bits per heavy atom. The molecule has 0 radical (unpaired) electrons. The van der Waals surface area contributed by atoms with Crippen molar-refractivity contribution in [1.29, 1.82) is 0 Å². The minimum absolute atomic E-state index is 0.111. The van der Waals surface area contributed by atoms with Crippen molar-refractivity contribution in [2.75, 3.05) is 18.4 Å². The Morgan fingerprint density at radius 2 is 1.92 bits per heavy atom. The Balaban J connectivity index is 1.65. The normalized spacial score (nSPS) is 15.9. The van der Waals surface area contributed by atoms with Crippen LogP contribution in [0.2, 0.25) is 0 Å². The molecule has 1 heterocycles. The average Bonchev–Trinajstić information content (AvgIpc) is 2.63. The van der Waals surface area contributed by atoms with E-state index >= 15 is 0 Å². The molecule has 2 aromatic carbocycles. The molecule has 2 N–H and O–H groups in total. The van der Waals surface area contributed by atoms with Crippen LogP contribution in [-0.2, 0) is 13.1 Å². The molecule has 2 aromatic rings. The van der Waals surface area contributed by atoms with Crippen LogP contribution >= 0.6 is 0 Å². The summed E-state index contributed by atoms with van der Waals surface area (Å²) in [4.78, 5) is 12.9. The highest BCUT2D eigenvalue weighted by molar-refractivity contribution is 5.51. The summed E-state index contributed by atoms with van der Waals surface area (Å²) in [6.45, 7) is 3.18. The summed E-state index contributed by atoms with van der Waals surface area (Å²) in [5.41, 5.74) is 3.23. The Hall–Kier alpha value is -2.44. The zero-order valence-corrected chi connectivity index (χ0v) is 14.1. The fraction of sp³-hybridized carbons (Fsp3) is 0.368. The standard InChI is InChI=1S/C19H23N3O3/c23-18-8-10-21(11-9-18)14-16-5-1-2-7-19(16)20-13-15-4-3-6-17(12-15)22(24)25/h1-7,12,18,20,23H,8-11,13-14H2. The second-order valence-corrected chi connectivity index (χ2v) is 6.45.